The van der Waals surface area contributed by atoms with Crippen molar-refractivity contribution in [3.8, 4) is 0 Å². The molecule has 0 aromatic heterocycles. The van der Waals surface area contributed by atoms with E-state index in [-0.39, 0.29) is 11.9 Å². The first-order valence-electron chi connectivity index (χ1n) is 6.34. The van der Waals surface area contributed by atoms with E-state index in [1.807, 2.05) is 11.8 Å². The summed E-state index contributed by atoms with van der Waals surface area (Å²) in [6.45, 7) is 7.31. The van der Waals surface area contributed by atoms with Crippen molar-refractivity contribution in [3.63, 3.8) is 0 Å². The molecule has 0 amide bonds. The molecule has 1 N–H and O–H groups in total. The van der Waals surface area contributed by atoms with Crippen molar-refractivity contribution < 1.29 is 4.39 Å². The molecule has 1 aromatic carbocycles. The molecule has 1 rings (SSSR count). The Labute approximate surface area is 118 Å². The fourth-order valence-corrected chi connectivity index (χ4v) is 2.68. The van der Waals surface area contributed by atoms with Crippen molar-refractivity contribution in [2.75, 3.05) is 12.3 Å². The Hall–Kier alpha value is -0.250. The van der Waals surface area contributed by atoms with Crippen molar-refractivity contribution in [3.05, 3.63) is 34.6 Å². The van der Waals surface area contributed by atoms with Crippen LogP contribution in [0.5, 0.6) is 0 Å². The number of hydrogen-bond acceptors (Lipinski definition) is 2. The van der Waals surface area contributed by atoms with Crippen molar-refractivity contribution in [1.29, 1.82) is 0 Å². The van der Waals surface area contributed by atoms with Crippen LogP contribution in [-0.2, 0) is 0 Å². The fraction of sp³-hybridized carbons (Fsp3) is 0.571. The van der Waals surface area contributed by atoms with E-state index in [4.69, 9.17) is 11.6 Å². The van der Waals surface area contributed by atoms with Gasteiger partial charge in [0.1, 0.15) is 5.82 Å². The third-order valence-electron chi connectivity index (χ3n) is 2.57. The summed E-state index contributed by atoms with van der Waals surface area (Å²) >= 11 is 7.62. The van der Waals surface area contributed by atoms with Crippen LogP contribution in [0.4, 0.5) is 4.39 Å². The summed E-state index contributed by atoms with van der Waals surface area (Å²) in [6.07, 6.45) is 1.04. The molecular formula is C14H21ClFNS. The Bertz CT molecular complexity index is 371. The van der Waals surface area contributed by atoms with Gasteiger partial charge in [-0.3, -0.25) is 0 Å². The third-order valence-corrected chi connectivity index (χ3v) is 4.00. The van der Waals surface area contributed by atoms with E-state index in [0.717, 1.165) is 18.7 Å². The van der Waals surface area contributed by atoms with Crippen LogP contribution in [-0.4, -0.2) is 17.5 Å². The maximum absolute atomic E-state index is 13.9. The molecule has 0 fully saturated rings. The maximum Gasteiger partial charge on any atom is 0.129 e. The monoisotopic (exact) mass is 289 g/mol. The zero-order valence-electron chi connectivity index (χ0n) is 11.2. The summed E-state index contributed by atoms with van der Waals surface area (Å²) in [7, 11) is 0. The highest BCUT2D eigenvalue weighted by molar-refractivity contribution is 7.99. The van der Waals surface area contributed by atoms with E-state index >= 15 is 0 Å². The SMILES string of the molecule is CCCNC(CSC(C)C)c1ccc(Cl)cc1F. The van der Waals surface area contributed by atoms with Crippen LogP contribution in [0.1, 0.15) is 38.8 Å². The molecule has 18 heavy (non-hydrogen) atoms. The number of halogens is 2. The topological polar surface area (TPSA) is 12.0 Å². The minimum atomic E-state index is -0.222. The molecule has 0 bridgehead atoms. The van der Waals surface area contributed by atoms with Gasteiger partial charge in [0.05, 0.1) is 0 Å². The van der Waals surface area contributed by atoms with E-state index in [2.05, 4.69) is 26.1 Å². The number of hydrogen-bond donors (Lipinski definition) is 1. The third kappa shape index (κ3) is 5.17. The molecule has 0 aliphatic rings. The van der Waals surface area contributed by atoms with Crippen LogP contribution in [0.3, 0.4) is 0 Å². The van der Waals surface area contributed by atoms with Crippen LogP contribution in [0.25, 0.3) is 0 Å². The highest BCUT2D eigenvalue weighted by Gasteiger charge is 2.16. The first-order chi connectivity index (χ1) is 8.54. The fourth-order valence-electron chi connectivity index (χ4n) is 1.65. The molecule has 0 heterocycles. The Morgan fingerprint density at radius 3 is 2.67 bits per heavy atom. The van der Waals surface area contributed by atoms with Crippen molar-refractivity contribution >= 4 is 23.4 Å². The molecule has 0 spiro atoms. The highest BCUT2D eigenvalue weighted by atomic mass is 35.5. The second-order valence-corrected chi connectivity index (χ2v) is 6.60. The number of thioether (sulfide) groups is 1. The predicted molar refractivity (Wildman–Crippen MR) is 80.0 cm³/mol. The van der Waals surface area contributed by atoms with E-state index < -0.39 is 0 Å². The molecular weight excluding hydrogens is 269 g/mol. The van der Waals surface area contributed by atoms with Crippen molar-refractivity contribution in [2.45, 2.75) is 38.5 Å². The minimum Gasteiger partial charge on any atom is -0.309 e. The molecule has 1 nitrogen and oxygen atoms in total. The van der Waals surface area contributed by atoms with Gasteiger partial charge in [0.15, 0.2) is 0 Å². The van der Waals surface area contributed by atoms with Gasteiger partial charge in [-0.05, 0) is 30.3 Å². The van der Waals surface area contributed by atoms with Crippen LogP contribution in [0.15, 0.2) is 18.2 Å². The molecule has 1 unspecified atom stereocenters. The van der Waals surface area contributed by atoms with Crippen molar-refractivity contribution in [2.24, 2.45) is 0 Å². The van der Waals surface area contributed by atoms with E-state index in [9.17, 15) is 4.39 Å². The standard InChI is InChI=1S/C14H21ClFNS/c1-4-7-17-14(9-18-10(2)3)12-6-5-11(15)8-13(12)16/h5-6,8,10,14,17H,4,7,9H2,1-3H3. The van der Waals surface area contributed by atoms with Gasteiger partial charge < -0.3 is 5.32 Å². The quantitative estimate of drug-likeness (QED) is 0.783. The zero-order chi connectivity index (χ0) is 13.5. The summed E-state index contributed by atoms with van der Waals surface area (Å²) in [4.78, 5) is 0. The van der Waals surface area contributed by atoms with Crippen LogP contribution in [0, 0.1) is 5.82 Å². The Morgan fingerprint density at radius 2 is 2.11 bits per heavy atom. The van der Waals surface area contributed by atoms with E-state index in [0.29, 0.717) is 15.8 Å². The second-order valence-electron chi connectivity index (χ2n) is 4.55. The summed E-state index contributed by atoms with van der Waals surface area (Å²) < 4.78 is 13.9. The summed E-state index contributed by atoms with van der Waals surface area (Å²) in [5.41, 5.74) is 0.709. The maximum atomic E-state index is 13.9. The van der Waals surface area contributed by atoms with Gasteiger partial charge in [-0.1, -0.05) is 38.4 Å². The van der Waals surface area contributed by atoms with Gasteiger partial charge in [0.2, 0.25) is 0 Å². The lowest BCUT2D eigenvalue weighted by atomic mass is 10.1. The molecule has 0 saturated heterocycles. The van der Waals surface area contributed by atoms with Gasteiger partial charge in [0.25, 0.3) is 0 Å². The van der Waals surface area contributed by atoms with Crippen LogP contribution >= 0.6 is 23.4 Å². The van der Waals surface area contributed by atoms with Gasteiger partial charge in [-0.2, -0.15) is 11.8 Å². The lowest BCUT2D eigenvalue weighted by Crippen LogP contribution is -2.25. The summed E-state index contributed by atoms with van der Waals surface area (Å²) in [5, 5.41) is 4.39. The lowest BCUT2D eigenvalue weighted by Gasteiger charge is -2.20. The van der Waals surface area contributed by atoms with Gasteiger partial charge in [-0.15, -0.1) is 0 Å². The lowest BCUT2D eigenvalue weighted by molar-refractivity contribution is 0.532. The largest absolute Gasteiger partial charge is 0.309 e. The molecule has 4 heteroatoms. The summed E-state index contributed by atoms with van der Waals surface area (Å²) in [5.74, 6) is 0.649. The first-order valence-corrected chi connectivity index (χ1v) is 7.77. The first kappa shape index (κ1) is 15.8. The molecule has 0 aliphatic heterocycles. The Balaban J connectivity index is 2.79. The smallest absolute Gasteiger partial charge is 0.129 e. The number of nitrogens with one attached hydrogen (secondary N) is 1. The van der Waals surface area contributed by atoms with Gasteiger partial charge in [0, 0.05) is 22.4 Å². The number of benzene rings is 1. The predicted octanol–water partition coefficient (Wildman–Crippen LogP) is 4.66. The van der Waals surface area contributed by atoms with Crippen molar-refractivity contribution in [1.82, 2.24) is 5.32 Å². The molecule has 0 saturated carbocycles. The number of rotatable bonds is 7. The van der Waals surface area contributed by atoms with E-state index in [1.165, 1.54) is 6.07 Å². The molecule has 1 atom stereocenters. The molecule has 102 valence electrons. The minimum absolute atomic E-state index is 0.0506. The molecule has 0 aliphatic carbocycles. The van der Waals surface area contributed by atoms with E-state index in [1.54, 1.807) is 12.1 Å². The van der Waals surface area contributed by atoms with Gasteiger partial charge >= 0.3 is 0 Å². The normalized spacial score (nSPS) is 13.0. The summed E-state index contributed by atoms with van der Waals surface area (Å²) in [6, 6.07) is 4.97. The molecule has 1 aromatic rings. The highest BCUT2D eigenvalue weighted by Crippen LogP contribution is 2.25. The average molecular weight is 290 g/mol. The van der Waals surface area contributed by atoms with Crippen LogP contribution in [0.2, 0.25) is 5.02 Å². The zero-order valence-corrected chi connectivity index (χ0v) is 12.7. The Morgan fingerprint density at radius 1 is 1.39 bits per heavy atom. The molecule has 0 radical (unpaired) electrons. The Kier molecular flexibility index (Phi) is 7.05. The van der Waals surface area contributed by atoms with Crippen LogP contribution < -0.4 is 5.32 Å². The second kappa shape index (κ2) is 8.03. The average Bonchev–Trinajstić information content (AvgIpc) is 2.30. The van der Waals surface area contributed by atoms with Gasteiger partial charge in [-0.25, -0.2) is 4.39 Å².